The molecule has 1 nitrogen and oxygen atoms in total. The van der Waals surface area contributed by atoms with Crippen LogP contribution in [-0.2, 0) is 6.42 Å². The average molecular weight is 258 g/mol. The van der Waals surface area contributed by atoms with Gasteiger partial charge in [-0.1, -0.05) is 25.4 Å². The molecule has 0 radical (unpaired) electrons. The van der Waals surface area contributed by atoms with Gasteiger partial charge in [-0.15, -0.1) is 11.3 Å². The molecular formula is C13H20ClNS. The minimum Gasteiger partial charge on any atom is -0.313 e. The SMILES string of the molecule is CCCNC(Cc1ccc(Cl)s1)C1CC1C. The monoisotopic (exact) mass is 257 g/mol. The van der Waals surface area contributed by atoms with E-state index in [2.05, 4.69) is 25.2 Å². The lowest BCUT2D eigenvalue weighted by atomic mass is 10.1. The molecule has 0 amide bonds. The molecule has 0 bridgehead atoms. The van der Waals surface area contributed by atoms with Gasteiger partial charge in [0.05, 0.1) is 4.34 Å². The standard InChI is InChI=1S/C13H20ClNS/c1-3-6-15-12(11-7-9(11)2)8-10-4-5-13(14)16-10/h4-5,9,11-12,15H,3,6-8H2,1-2H3. The average Bonchev–Trinajstić information content (AvgIpc) is 2.83. The maximum Gasteiger partial charge on any atom is 0.0931 e. The summed E-state index contributed by atoms with van der Waals surface area (Å²) in [5.41, 5.74) is 0. The summed E-state index contributed by atoms with van der Waals surface area (Å²) >= 11 is 7.69. The van der Waals surface area contributed by atoms with Gasteiger partial charge in [-0.2, -0.15) is 0 Å². The van der Waals surface area contributed by atoms with Crippen LogP contribution in [0, 0.1) is 11.8 Å². The molecule has 1 aliphatic rings. The lowest BCUT2D eigenvalue weighted by Gasteiger charge is -2.17. The van der Waals surface area contributed by atoms with Gasteiger partial charge in [-0.05, 0) is 49.8 Å². The third-order valence-corrected chi connectivity index (χ3v) is 4.65. The van der Waals surface area contributed by atoms with Gasteiger partial charge in [-0.25, -0.2) is 0 Å². The fourth-order valence-corrected chi connectivity index (χ4v) is 3.44. The van der Waals surface area contributed by atoms with E-state index in [1.165, 1.54) is 17.7 Å². The van der Waals surface area contributed by atoms with Gasteiger partial charge in [0, 0.05) is 10.9 Å². The second-order valence-corrected chi connectivity index (χ2v) is 6.65. The third kappa shape index (κ3) is 3.22. The van der Waals surface area contributed by atoms with Gasteiger partial charge in [0.2, 0.25) is 0 Å². The number of thiophene rings is 1. The minimum atomic E-state index is 0.657. The number of halogens is 1. The first-order valence-electron chi connectivity index (χ1n) is 6.18. The van der Waals surface area contributed by atoms with Crippen LogP contribution in [0.5, 0.6) is 0 Å². The summed E-state index contributed by atoms with van der Waals surface area (Å²) in [5.74, 6) is 1.79. The Kier molecular flexibility index (Phi) is 4.28. The molecule has 3 unspecified atom stereocenters. The molecule has 0 aromatic carbocycles. The molecule has 90 valence electrons. The Bertz CT molecular complexity index is 336. The van der Waals surface area contributed by atoms with Gasteiger partial charge < -0.3 is 5.32 Å². The first-order valence-corrected chi connectivity index (χ1v) is 7.37. The lowest BCUT2D eigenvalue weighted by Crippen LogP contribution is -2.34. The van der Waals surface area contributed by atoms with Crippen molar-refractivity contribution >= 4 is 22.9 Å². The van der Waals surface area contributed by atoms with Gasteiger partial charge >= 0.3 is 0 Å². The molecular weight excluding hydrogens is 238 g/mol. The van der Waals surface area contributed by atoms with Gasteiger partial charge in [0.15, 0.2) is 0 Å². The van der Waals surface area contributed by atoms with E-state index < -0.39 is 0 Å². The molecule has 0 aliphatic heterocycles. The van der Waals surface area contributed by atoms with E-state index >= 15 is 0 Å². The highest BCUT2D eigenvalue weighted by Gasteiger charge is 2.39. The van der Waals surface area contributed by atoms with Crippen molar-refractivity contribution in [2.45, 2.75) is 39.2 Å². The van der Waals surface area contributed by atoms with Crippen LogP contribution < -0.4 is 5.32 Å². The highest BCUT2D eigenvalue weighted by molar-refractivity contribution is 7.16. The molecule has 1 fully saturated rings. The third-order valence-electron chi connectivity index (χ3n) is 3.40. The Labute approximate surface area is 107 Å². The van der Waals surface area contributed by atoms with Crippen molar-refractivity contribution in [3.63, 3.8) is 0 Å². The second kappa shape index (κ2) is 5.52. The van der Waals surface area contributed by atoms with Crippen molar-refractivity contribution in [1.82, 2.24) is 5.32 Å². The van der Waals surface area contributed by atoms with Crippen LogP contribution in [0.1, 0.15) is 31.6 Å². The van der Waals surface area contributed by atoms with Crippen LogP contribution in [-0.4, -0.2) is 12.6 Å². The van der Waals surface area contributed by atoms with Crippen molar-refractivity contribution < 1.29 is 0 Å². The summed E-state index contributed by atoms with van der Waals surface area (Å²) < 4.78 is 0.910. The van der Waals surface area contributed by atoms with Crippen LogP contribution in [0.2, 0.25) is 4.34 Å². The number of rotatable bonds is 6. The van der Waals surface area contributed by atoms with Crippen LogP contribution in [0.3, 0.4) is 0 Å². The predicted octanol–water partition coefficient (Wildman–Crippen LogP) is 3.97. The highest BCUT2D eigenvalue weighted by atomic mass is 35.5. The van der Waals surface area contributed by atoms with Gasteiger partial charge in [-0.3, -0.25) is 0 Å². The molecule has 0 spiro atoms. The second-order valence-electron chi connectivity index (χ2n) is 4.85. The quantitative estimate of drug-likeness (QED) is 0.813. The summed E-state index contributed by atoms with van der Waals surface area (Å²) in [6.07, 6.45) is 3.75. The Morgan fingerprint density at radius 3 is 2.81 bits per heavy atom. The number of hydrogen-bond acceptors (Lipinski definition) is 2. The predicted molar refractivity (Wildman–Crippen MR) is 72.4 cm³/mol. The van der Waals surface area contributed by atoms with Crippen LogP contribution in [0.25, 0.3) is 0 Å². The normalized spacial score (nSPS) is 25.7. The van der Waals surface area contributed by atoms with Crippen molar-refractivity contribution in [3.05, 3.63) is 21.3 Å². The Balaban J connectivity index is 1.91. The minimum absolute atomic E-state index is 0.657. The molecule has 3 heteroatoms. The fraction of sp³-hybridized carbons (Fsp3) is 0.692. The van der Waals surface area contributed by atoms with Crippen LogP contribution in [0.4, 0.5) is 0 Å². The Morgan fingerprint density at radius 1 is 1.56 bits per heavy atom. The van der Waals surface area contributed by atoms with Crippen molar-refractivity contribution in [3.8, 4) is 0 Å². The molecule has 2 rings (SSSR count). The number of hydrogen-bond donors (Lipinski definition) is 1. The largest absolute Gasteiger partial charge is 0.313 e. The van der Waals surface area contributed by atoms with E-state index in [0.717, 1.165) is 29.1 Å². The summed E-state index contributed by atoms with van der Waals surface area (Å²) in [6.45, 7) is 5.71. The van der Waals surface area contributed by atoms with E-state index in [9.17, 15) is 0 Å². The van der Waals surface area contributed by atoms with E-state index in [0.29, 0.717) is 6.04 Å². The van der Waals surface area contributed by atoms with Crippen LogP contribution in [0.15, 0.2) is 12.1 Å². The molecule has 1 aromatic heterocycles. The van der Waals surface area contributed by atoms with Crippen molar-refractivity contribution in [1.29, 1.82) is 0 Å². The molecule has 1 heterocycles. The zero-order chi connectivity index (χ0) is 11.5. The summed E-state index contributed by atoms with van der Waals surface area (Å²) in [7, 11) is 0. The number of nitrogens with one attached hydrogen (secondary N) is 1. The molecule has 16 heavy (non-hydrogen) atoms. The maximum atomic E-state index is 5.97. The highest BCUT2D eigenvalue weighted by Crippen LogP contribution is 2.42. The fourth-order valence-electron chi connectivity index (χ4n) is 2.29. The topological polar surface area (TPSA) is 12.0 Å². The smallest absolute Gasteiger partial charge is 0.0931 e. The van der Waals surface area contributed by atoms with E-state index in [4.69, 9.17) is 11.6 Å². The van der Waals surface area contributed by atoms with Gasteiger partial charge in [0.1, 0.15) is 0 Å². The zero-order valence-corrected chi connectivity index (χ0v) is 11.6. The van der Waals surface area contributed by atoms with E-state index in [-0.39, 0.29) is 0 Å². The van der Waals surface area contributed by atoms with E-state index in [1.54, 1.807) is 11.3 Å². The molecule has 1 N–H and O–H groups in total. The molecule has 1 aromatic rings. The summed E-state index contributed by atoms with van der Waals surface area (Å²) in [4.78, 5) is 1.41. The molecule has 1 saturated carbocycles. The van der Waals surface area contributed by atoms with Crippen molar-refractivity contribution in [2.24, 2.45) is 11.8 Å². The van der Waals surface area contributed by atoms with Crippen LogP contribution >= 0.6 is 22.9 Å². The maximum absolute atomic E-state index is 5.97. The molecule has 1 aliphatic carbocycles. The van der Waals surface area contributed by atoms with Gasteiger partial charge in [0.25, 0.3) is 0 Å². The first kappa shape index (κ1) is 12.4. The molecule has 3 atom stereocenters. The Hall–Kier alpha value is -0.0500. The first-order chi connectivity index (χ1) is 7.70. The lowest BCUT2D eigenvalue weighted by molar-refractivity contribution is 0.446. The zero-order valence-electron chi connectivity index (χ0n) is 10.0. The summed E-state index contributed by atoms with van der Waals surface area (Å²) in [5, 5.41) is 3.68. The Morgan fingerprint density at radius 2 is 2.31 bits per heavy atom. The summed E-state index contributed by atoms with van der Waals surface area (Å²) in [6, 6.07) is 4.83. The van der Waals surface area contributed by atoms with E-state index in [1.807, 2.05) is 6.07 Å². The molecule has 0 saturated heterocycles. The van der Waals surface area contributed by atoms with Crippen molar-refractivity contribution in [2.75, 3.05) is 6.54 Å².